The maximum atomic E-state index is 11.8. The fraction of sp³-hybridized carbons (Fsp3) is 0.909. The molecule has 0 aliphatic heterocycles. The standard InChI is InChI=1S/C11H18ClNO/c12-9-6-3-7-10(9)13-11(14)8-4-1-2-5-8/h8-10H,1-7H2,(H,13,14). The number of carbonyl (C=O) groups excluding carboxylic acids is 1. The maximum absolute atomic E-state index is 11.8. The number of halogens is 1. The summed E-state index contributed by atoms with van der Waals surface area (Å²) >= 11 is 6.11. The van der Waals surface area contributed by atoms with Crippen molar-refractivity contribution in [1.29, 1.82) is 0 Å². The molecule has 1 amide bonds. The molecule has 2 aliphatic carbocycles. The van der Waals surface area contributed by atoms with Crippen LogP contribution in [0.15, 0.2) is 0 Å². The van der Waals surface area contributed by atoms with Gasteiger partial charge in [-0.15, -0.1) is 11.6 Å². The van der Waals surface area contributed by atoms with Crippen molar-refractivity contribution in [3.8, 4) is 0 Å². The Bertz CT molecular complexity index is 213. The van der Waals surface area contributed by atoms with Gasteiger partial charge in [0.15, 0.2) is 0 Å². The summed E-state index contributed by atoms with van der Waals surface area (Å²) < 4.78 is 0. The van der Waals surface area contributed by atoms with E-state index in [1.54, 1.807) is 0 Å². The predicted molar refractivity (Wildman–Crippen MR) is 57.4 cm³/mol. The summed E-state index contributed by atoms with van der Waals surface area (Å²) in [5.41, 5.74) is 0. The molecule has 0 saturated heterocycles. The van der Waals surface area contributed by atoms with Crippen molar-refractivity contribution in [2.24, 2.45) is 5.92 Å². The second kappa shape index (κ2) is 4.52. The van der Waals surface area contributed by atoms with Crippen LogP contribution in [0.2, 0.25) is 0 Å². The average molecular weight is 216 g/mol. The van der Waals surface area contributed by atoms with Crippen LogP contribution in [-0.2, 0) is 4.79 Å². The lowest BCUT2D eigenvalue weighted by molar-refractivity contribution is -0.125. The lowest BCUT2D eigenvalue weighted by Crippen LogP contribution is -2.40. The van der Waals surface area contributed by atoms with E-state index < -0.39 is 0 Å². The normalized spacial score (nSPS) is 33.5. The van der Waals surface area contributed by atoms with Crippen molar-refractivity contribution in [3.63, 3.8) is 0 Å². The molecule has 0 heterocycles. The van der Waals surface area contributed by atoms with E-state index in [4.69, 9.17) is 11.6 Å². The Morgan fingerprint density at radius 3 is 2.36 bits per heavy atom. The van der Waals surface area contributed by atoms with Crippen molar-refractivity contribution in [2.45, 2.75) is 56.4 Å². The molecule has 0 aromatic rings. The largest absolute Gasteiger partial charge is 0.352 e. The van der Waals surface area contributed by atoms with Gasteiger partial charge in [0, 0.05) is 12.0 Å². The van der Waals surface area contributed by atoms with Gasteiger partial charge in [-0.2, -0.15) is 0 Å². The van der Waals surface area contributed by atoms with Crippen molar-refractivity contribution >= 4 is 17.5 Å². The SMILES string of the molecule is O=C(NC1CCCC1Cl)C1CCCC1. The Hall–Kier alpha value is -0.240. The van der Waals surface area contributed by atoms with Gasteiger partial charge >= 0.3 is 0 Å². The minimum Gasteiger partial charge on any atom is -0.352 e. The highest BCUT2D eigenvalue weighted by molar-refractivity contribution is 6.21. The van der Waals surface area contributed by atoms with Crippen LogP contribution in [-0.4, -0.2) is 17.3 Å². The number of hydrogen-bond donors (Lipinski definition) is 1. The molecule has 0 spiro atoms. The van der Waals surface area contributed by atoms with Gasteiger partial charge in [0.1, 0.15) is 0 Å². The lowest BCUT2D eigenvalue weighted by Gasteiger charge is -2.18. The van der Waals surface area contributed by atoms with Crippen LogP contribution < -0.4 is 5.32 Å². The van der Waals surface area contributed by atoms with E-state index in [2.05, 4.69) is 5.32 Å². The summed E-state index contributed by atoms with van der Waals surface area (Å²) in [5, 5.41) is 3.27. The fourth-order valence-corrected chi connectivity index (χ4v) is 2.91. The van der Waals surface area contributed by atoms with Gasteiger partial charge in [-0.1, -0.05) is 12.8 Å². The van der Waals surface area contributed by atoms with E-state index >= 15 is 0 Å². The van der Waals surface area contributed by atoms with E-state index in [9.17, 15) is 4.79 Å². The Morgan fingerprint density at radius 2 is 1.79 bits per heavy atom. The molecule has 2 fully saturated rings. The summed E-state index contributed by atoms with van der Waals surface area (Å²) in [6, 6.07) is 0.241. The molecule has 2 nitrogen and oxygen atoms in total. The quantitative estimate of drug-likeness (QED) is 0.705. The summed E-state index contributed by atoms with van der Waals surface area (Å²) in [6.07, 6.45) is 7.85. The molecule has 0 bridgehead atoms. The minimum absolute atomic E-state index is 0.167. The molecule has 2 atom stereocenters. The van der Waals surface area contributed by atoms with Crippen LogP contribution in [0, 0.1) is 5.92 Å². The first-order valence-electron chi connectivity index (χ1n) is 5.72. The number of amides is 1. The van der Waals surface area contributed by atoms with Crippen molar-refractivity contribution in [1.82, 2.24) is 5.32 Å². The van der Waals surface area contributed by atoms with Gasteiger partial charge in [0.05, 0.1) is 5.38 Å². The first kappa shape index (κ1) is 10.3. The molecule has 1 N–H and O–H groups in total. The highest BCUT2D eigenvalue weighted by Crippen LogP contribution is 2.27. The molecular formula is C11H18ClNO. The van der Waals surface area contributed by atoms with E-state index in [-0.39, 0.29) is 23.2 Å². The third-order valence-corrected chi connectivity index (χ3v) is 4.01. The van der Waals surface area contributed by atoms with Gasteiger partial charge < -0.3 is 5.32 Å². The Morgan fingerprint density at radius 1 is 1.07 bits per heavy atom. The second-order valence-electron chi connectivity index (χ2n) is 4.54. The monoisotopic (exact) mass is 215 g/mol. The number of carbonyl (C=O) groups is 1. The van der Waals surface area contributed by atoms with Crippen molar-refractivity contribution in [3.05, 3.63) is 0 Å². The number of hydrogen-bond acceptors (Lipinski definition) is 1. The lowest BCUT2D eigenvalue weighted by atomic mass is 10.1. The summed E-state index contributed by atoms with van der Waals surface area (Å²) in [7, 11) is 0. The third-order valence-electron chi connectivity index (χ3n) is 3.49. The van der Waals surface area contributed by atoms with E-state index in [1.807, 2.05) is 0 Å². The average Bonchev–Trinajstić information content (AvgIpc) is 2.77. The zero-order valence-electron chi connectivity index (χ0n) is 8.47. The molecule has 3 heteroatoms. The molecule has 14 heavy (non-hydrogen) atoms. The highest BCUT2D eigenvalue weighted by atomic mass is 35.5. The Kier molecular flexibility index (Phi) is 3.32. The highest BCUT2D eigenvalue weighted by Gasteiger charge is 2.30. The summed E-state index contributed by atoms with van der Waals surface area (Å²) in [5.74, 6) is 0.527. The molecule has 0 aromatic heterocycles. The Balaban J connectivity index is 1.81. The molecule has 2 saturated carbocycles. The van der Waals surface area contributed by atoms with Crippen LogP contribution in [0.1, 0.15) is 44.9 Å². The second-order valence-corrected chi connectivity index (χ2v) is 5.10. The number of nitrogens with one attached hydrogen (secondary N) is 1. The van der Waals surface area contributed by atoms with Crippen LogP contribution >= 0.6 is 11.6 Å². The van der Waals surface area contributed by atoms with Crippen LogP contribution in [0.25, 0.3) is 0 Å². The summed E-state index contributed by atoms with van der Waals surface area (Å²) in [6.45, 7) is 0. The first-order chi connectivity index (χ1) is 6.77. The molecule has 80 valence electrons. The van der Waals surface area contributed by atoms with Crippen LogP contribution in [0.5, 0.6) is 0 Å². The van der Waals surface area contributed by atoms with E-state index in [0.717, 1.165) is 32.1 Å². The van der Waals surface area contributed by atoms with Crippen LogP contribution in [0.4, 0.5) is 0 Å². The molecule has 0 aromatic carbocycles. The van der Waals surface area contributed by atoms with Crippen LogP contribution in [0.3, 0.4) is 0 Å². The molecule has 0 radical (unpaired) electrons. The smallest absolute Gasteiger partial charge is 0.223 e. The van der Waals surface area contributed by atoms with Gasteiger partial charge in [0.2, 0.25) is 5.91 Å². The van der Waals surface area contributed by atoms with Gasteiger partial charge in [-0.05, 0) is 32.1 Å². The van der Waals surface area contributed by atoms with E-state index in [0.29, 0.717) is 0 Å². The zero-order valence-corrected chi connectivity index (χ0v) is 9.22. The van der Waals surface area contributed by atoms with Gasteiger partial charge in [0.25, 0.3) is 0 Å². The fourth-order valence-electron chi connectivity index (χ4n) is 2.57. The Labute approximate surface area is 90.4 Å². The van der Waals surface area contributed by atoms with E-state index in [1.165, 1.54) is 12.8 Å². The predicted octanol–water partition coefficient (Wildman–Crippen LogP) is 2.45. The number of alkyl halides is 1. The van der Waals surface area contributed by atoms with Gasteiger partial charge in [-0.25, -0.2) is 0 Å². The first-order valence-corrected chi connectivity index (χ1v) is 6.15. The maximum Gasteiger partial charge on any atom is 0.223 e. The topological polar surface area (TPSA) is 29.1 Å². The van der Waals surface area contributed by atoms with Crippen molar-refractivity contribution < 1.29 is 4.79 Å². The molecule has 2 rings (SSSR count). The summed E-state index contributed by atoms with van der Waals surface area (Å²) in [4.78, 5) is 11.8. The minimum atomic E-state index is 0.167. The van der Waals surface area contributed by atoms with Crippen molar-refractivity contribution in [2.75, 3.05) is 0 Å². The van der Waals surface area contributed by atoms with Gasteiger partial charge in [-0.3, -0.25) is 4.79 Å². The molecular weight excluding hydrogens is 198 g/mol. The number of rotatable bonds is 2. The zero-order chi connectivity index (χ0) is 9.97. The third kappa shape index (κ3) is 2.22. The molecule has 2 aliphatic rings. The molecule has 2 unspecified atom stereocenters.